The maximum atomic E-state index is 12.2. The highest BCUT2D eigenvalue weighted by molar-refractivity contribution is 6.32. The summed E-state index contributed by atoms with van der Waals surface area (Å²) in [7, 11) is 2.99. The first-order valence-corrected chi connectivity index (χ1v) is 8.64. The molecule has 0 aliphatic rings. The predicted molar refractivity (Wildman–Crippen MR) is 101 cm³/mol. The highest BCUT2D eigenvalue weighted by Crippen LogP contribution is 2.35. The number of rotatable bonds is 7. The summed E-state index contributed by atoms with van der Waals surface area (Å²) in [5, 5.41) is 5.82. The standard InChI is InChI=1S/C18H27ClN2O5/c1-11(20-17(23)26-18(2,3)4)7-8-16(22)21-13-9-12(19)14(24-5)10-15(13)25-6/h9-11H,7-8H2,1-6H3,(H,20,23)(H,21,22)/t11-/m0/s1. The minimum absolute atomic E-state index is 0.211. The molecule has 26 heavy (non-hydrogen) atoms. The van der Waals surface area contributed by atoms with Gasteiger partial charge in [0.25, 0.3) is 0 Å². The molecule has 0 aliphatic heterocycles. The van der Waals surface area contributed by atoms with Crippen LogP contribution in [-0.2, 0) is 9.53 Å². The highest BCUT2D eigenvalue weighted by Gasteiger charge is 2.18. The van der Waals surface area contributed by atoms with Gasteiger partial charge in [0, 0.05) is 18.5 Å². The van der Waals surface area contributed by atoms with E-state index in [0.29, 0.717) is 28.6 Å². The summed E-state index contributed by atoms with van der Waals surface area (Å²) >= 11 is 6.09. The smallest absolute Gasteiger partial charge is 0.407 e. The number of halogens is 1. The SMILES string of the molecule is COc1cc(OC)c(NC(=O)CC[C@H](C)NC(=O)OC(C)(C)C)cc1Cl. The predicted octanol–water partition coefficient (Wildman–Crippen LogP) is 3.99. The van der Waals surface area contributed by atoms with E-state index < -0.39 is 11.7 Å². The van der Waals surface area contributed by atoms with Crippen LogP contribution in [0.5, 0.6) is 11.5 Å². The van der Waals surface area contributed by atoms with Crippen molar-refractivity contribution < 1.29 is 23.8 Å². The van der Waals surface area contributed by atoms with Gasteiger partial charge in [0.05, 0.1) is 24.9 Å². The zero-order valence-corrected chi connectivity index (χ0v) is 16.8. The zero-order valence-electron chi connectivity index (χ0n) is 16.1. The van der Waals surface area contributed by atoms with E-state index in [1.54, 1.807) is 32.9 Å². The number of alkyl carbamates (subject to hydrolysis) is 1. The van der Waals surface area contributed by atoms with Crippen LogP contribution in [0.1, 0.15) is 40.5 Å². The molecule has 1 rings (SSSR count). The summed E-state index contributed by atoms with van der Waals surface area (Å²) < 4.78 is 15.5. The monoisotopic (exact) mass is 386 g/mol. The summed E-state index contributed by atoms with van der Waals surface area (Å²) in [5.41, 5.74) is -0.109. The Bertz CT molecular complexity index is 643. The molecular formula is C18H27ClN2O5. The molecule has 0 saturated heterocycles. The lowest BCUT2D eigenvalue weighted by Crippen LogP contribution is -2.38. The second-order valence-corrected chi connectivity index (χ2v) is 7.23. The Kier molecular flexibility index (Phi) is 8.02. The lowest BCUT2D eigenvalue weighted by Gasteiger charge is -2.22. The first-order chi connectivity index (χ1) is 12.1. The third-order valence-corrected chi connectivity index (χ3v) is 3.61. The maximum Gasteiger partial charge on any atom is 0.407 e. The molecule has 1 aromatic carbocycles. The topological polar surface area (TPSA) is 85.9 Å². The normalized spacial score (nSPS) is 12.1. The van der Waals surface area contributed by atoms with Crippen molar-refractivity contribution in [3.05, 3.63) is 17.2 Å². The molecule has 0 spiro atoms. The van der Waals surface area contributed by atoms with Crippen LogP contribution in [0, 0.1) is 0 Å². The Labute approximate surface area is 159 Å². The number of methoxy groups -OCH3 is 2. The van der Waals surface area contributed by atoms with Gasteiger partial charge in [0.1, 0.15) is 17.1 Å². The van der Waals surface area contributed by atoms with Crippen LogP contribution in [0.3, 0.4) is 0 Å². The fourth-order valence-electron chi connectivity index (χ4n) is 2.10. The van der Waals surface area contributed by atoms with Crippen molar-refractivity contribution in [3.8, 4) is 11.5 Å². The van der Waals surface area contributed by atoms with E-state index in [2.05, 4.69) is 10.6 Å². The van der Waals surface area contributed by atoms with Gasteiger partial charge >= 0.3 is 6.09 Å². The van der Waals surface area contributed by atoms with Gasteiger partial charge in [0.15, 0.2) is 0 Å². The van der Waals surface area contributed by atoms with Crippen LogP contribution >= 0.6 is 11.6 Å². The van der Waals surface area contributed by atoms with Crippen LogP contribution in [0.25, 0.3) is 0 Å². The molecule has 0 radical (unpaired) electrons. The largest absolute Gasteiger partial charge is 0.495 e. The number of hydrogen-bond donors (Lipinski definition) is 2. The Balaban J connectivity index is 2.57. The number of amides is 2. The molecule has 2 amide bonds. The van der Waals surface area contributed by atoms with Crippen molar-refractivity contribution in [2.24, 2.45) is 0 Å². The molecular weight excluding hydrogens is 360 g/mol. The molecule has 0 bridgehead atoms. The van der Waals surface area contributed by atoms with Gasteiger partial charge in [-0.2, -0.15) is 0 Å². The molecule has 0 aromatic heterocycles. The molecule has 146 valence electrons. The Morgan fingerprint density at radius 3 is 2.31 bits per heavy atom. The molecule has 8 heteroatoms. The summed E-state index contributed by atoms with van der Waals surface area (Å²) in [6.45, 7) is 7.18. The van der Waals surface area contributed by atoms with Crippen LogP contribution in [0.15, 0.2) is 12.1 Å². The molecule has 2 N–H and O–H groups in total. The third-order valence-electron chi connectivity index (χ3n) is 3.32. The zero-order chi connectivity index (χ0) is 19.9. The average molecular weight is 387 g/mol. The number of carbonyl (C=O) groups is 2. The van der Waals surface area contributed by atoms with Gasteiger partial charge in [0.2, 0.25) is 5.91 Å². The molecule has 1 atom stereocenters. The van der Waals surface area contributed by atoms with Gasteiger partial charge in [-0.3, -0.25) is 4.79 Å². The minimum atomic E-state index is -0.564. The van der Waals surface area contributed by atoms with Crippen LogP contribution in [-0.4, -0.2) is 37.9 Å². The summed E-state index contributed by atoms with van der Waals surface area (Å²) in [5.74, 6) is 0.679. The van der Waals surface area contributed by atoms with E-state index >= 15 is 0 Å². The van der Waals surface area contributed by atoms with Gasteiger partial charge in [-0.25, -0.2) is 4.79 Å². The van der Waals surface area contributed by atoms with E-state index in [1.165, 1.54) is 14.2 Å². The first kappa shape index (κ1) is 21.9. The van der Waals surface area contributed by atoms with E-state index in [0.717, 1.165) is 0 Å². The Morgan fingerprint density at radius 2 is 1.77 bits per heavy atom. The maximum absolute atomic E-state index is 12.2. The van der Waals surface area contributed by atoms with Gasteiger partial charge in [-0.15, -0.1) is 0 Å². The van der Waals surface area contributed by atoms with Crippen molar-refractivity contribution in [2.45, 2.75) is 52.2 Å². The van der Waals surface area contributed by atoms with Crippen LogP contribution < -0.4 is 20.1 Å². The van der Waals surface area contributed by atoms with Gasteiger partial charge < -0.3 is 24.8 Å². The fraction of sp³-hybridized carbons (Fsp3) is 0.556. The number of hydrogen-bond acceptors (Lipinski definition) is 5. The highest BCUT2D eigenvalue weighted by atomic mass is 35.5. The Morgan fingerprint density at radius 1 is 1.15 bits per heavy atom. The number of nitrogens with one attached hydrogen (secondary N) is 2. The van der Waals surface area contributed by atoms with Crippen molar-refractivity contribution in [2.75, 3.05) is 19.5 Å². The number of anilines is 1. The minimum Gasteiger partial charge on any atom is -0.495 e. The number of carbonyl (C=O) groups excluding carboxylic acids is 2. The Hall–Kier alpha value is -2.15. The van der Waals surface area contributed by atoms with Crippen molar-refractivity contribution in [1.82, 2.24) is 5.32 Å². The van der Waals surface area contributed by atoms with E-state index in [4.69, 9.17) is 25.8 Å². The second-order valence-electron chi connectivity index (χ2n) is 6.82. The van der Waals surface area contributed by atoms with E-state index in [-0.39, 0.29) is 18.4 Å². The van der Waals surface area contributed by atoms with Gasteiger partial charge in [-0.1, -0.05) is 11.6 Å². The molecule has 0 aliphatic carbocycles. The fourth-order valence-corrected chi connectivity index (χ4v) is 2.34. The average Bonchev–Trinajstić information content (AvgIpc) is 2.51. The molecule has 0 saturated carbocycles. The van der Waals surface area contributed by atoms with Crippen molar-refractivity contribution >= 4 is 29.3 Å². The lowest BCUT2D eigenvalue weighted by molar-refractivity contribution is -0.116. The third kappa shape index (κ3) is 7.39. The quantitative estimate of drug-likeness (QED) is 0.740. The van der Waals surface area contributed by atoms with Crippen molar-refractivity contribution in [3.63, 3.8) is 0 Å². The van der Waals surface area contributed by atoms with Crippen molar-refractivity contribution in [1.29, 1.82) is 0 Å². The summed E-state index contributed by atoms with van der Waals surface area (Å²) in [4.78, 5) is 23.9. The lowest BCUT2D eigenvalue weighted by atomic mass is 10.1. The van der Waals surface area contributed by atoms with E-state index in [1.807, 2.05) is 6.92 Å². The van der Waals surface area contributed by atoms with Crippen LogP contribution in [0.2, 0.25) is 5.02 Å². The molecule has 1 aromatic rings. The van der Waals surface area contributed by atoms with E-state index in [9.17, 15) is 9.59 Å². The van der Waals surface area contributed by atoms with Gasteiger partial charge in [-0.05, 0) is 40.2 Å². The van der Waals surface area contributed by atoms with Crippen LogP contribution in [0.4, 0.5) is 10.5 Å². The number of benzene rings is 1. The first-order valence-electron chi connectivity index (χ1n) is 8.26. The molecule has 0 unspecified atom stereocenters. The number of ether oxygens (including phenoxy) is 3. The summed E-state index contributed by atoms with van der Waals surface area (Å²) in [6, 6.07) is 2.96. The second kappa shape index (κ2) is 9.52. The molecule has 7 nitrogen and oxygen atoms in total. The molecule has 0 fully saturated rings. The summed E-state index contributed by atoms with van der Waals surface area (Å²) in [6.07, 6.45) is 0.162. The molecule has 0 heterocycles.